The molecular formula is C16H14N2O5S. The molecule has 1 aromatic heterocycles. The van der Waals surface area contributed by atoms with Gasteiger partial charge in [0.15, 0.2) is 11.5 Å². The maximum absolute atomic E-state index is 12.9. The summed E-state index contributed by atoms with van der Waals surface area (Å²) in [5.41, 5.74) is 0.906. The number of ether oxygens (including phenoxy) is 2. The highest BCUT2D eigenvalue weighted by molar-refractivity contribution is 7.10. The third-order valence-electron chi connectivity index (χ3n) is 4.18. The van der Waals surface area contributed by atoms with Crippen molar-refractivity contribution in [2.75, 3.05) is 19.8 Å². The minimum Gasteiger partial charge on any atom is -0.486 e. The summed E-state index contributed by atoms with van der Waals surface area (Å²) >= 11 is 1.68. The van der Waals surface area contributed by atoms with Gasteiger partial charge in [-0.2, -0.15) is 0 Å². The Morgan fingerprint density at radius 3 is 2.75 bits per heavy atom. The molecule has 0 unspecified atom stereocenters. The third kappa shape index (κ3) is 2.48. The van der Waals surface area contributed by atoms with Crippen LogP contribution < -0.4 is 9.47 Å². The van der Waals surface area contributed by atoms with E-state index in [0.29, 0.717) is 37.8 Å². The number of carbonyl (C=O) groups excluding carboxylic acids is 1. The van der Waals surface area contributed by atoms with E-state index in [9.17, 15) is 14.9 Å². The maximum Gasteiger partial charge on any atom is 0.286 e. The summed E-state index contributed by atoms with van der Waals surface area (Å²) in [4.78, 5) is 26.6. The smallest absolute Gasteiger partial charge is 0.286 e. The van der Waals surface area contributed by atoms with Crippen molar-refractivity contribution >= 4 is 22.9 Å². The van der Waals surface area contributed by atoms with E-state index in [1.165, 1.54) is 17.0 Å². The van der Waals surface area contributed by atoms with Crippen molar-refractivity contribution in [1.82, 2.24) is 4.90 Å². The average Bonchev–Trinajstić information content (AvgIpc) is 3.07. The Morgan fingerprint density at radius 2 is 2.00 bits per heavy atom. The summed E-state index contributed by atoms with van der Waals surface area (Å²) in [6.45, 7) is 1.73. The molecule has 1 aromatic carbocycles. The molecule has 2 aromatic rings. The molecule has 124 valence electrons. The summed E-state index contributed by atoms with van der Waals surface area (Å²) in [5, 5.41) is 13.4. The highest BCUT2D eigenvalue weighted by Crippen LogP contribution is 2.37. The van der Waals surface area contributed by atoms with E-state index in [0.717, 1.165) is 12.0 Å². The van der Waals surface area contributed by atoms with Crippen LogP contribution in [0.25, 0.3) is 0 Å². The topological polar surface area (TPSA) is 81.9 Å². The molecule has 7 nitrogen and oxygen atoms in total. The van der Waals surface area contributed by atoms with Gasteiger partial charge in [0.25, 0.3) is 11.6 Å². The van der Waals surface area contributed by atoms with Crippen LogP contribution in [0.1, 0.15) is 20.8 Å². The second-order valence-corrected chi connectivity index (χ2v) is 6.62. The first kappa shape index (κ1) is 14.9. The molecule has 1 amide bonds. The van der Waals surface area contributed by atoms with E-state index in [4.69, 9.17) is 9.47 Å². The quantitative estimate of drug-likeness (QED) is 0.617. The van der Waals surface area contributed by atoms with Crippen LogP contribution in [0.4, 0.5) is 5.69 Å². The van der Waals surface area contributed by atoms with Gasteiger partial charge < -0.3 is 14.4 Å². The van der Waals surface area contributed by atoms with Gasteiger partial charge in [-0.25, -0.2) is 0 Å². The molecule has 0 atom stereocenters. The van der Waals surface area contributed by atoms with Crippen LogP contribution in [-0.2, 0) is 13.0 Å². The number of rotatable bonds is 2. The Balaban J connectivity index is 1.70. The molecule has 0 fully saturated rings. The van der Waals surface area contributed by atoms with Gasteiger partial charge in [0.1, 0.15) is 18.8 Å². The van der Waals surface area contributed by atoms with Crippen molar-refractivity contribution in [1.29, 1.82) is 0 Å². The molecule has 0 saturated heterocycles. The van der Waals surface area contributed by atoms with Gasteiger partial charge in [-0.05, 0) is 23.4 Å². The molecule has 2 aliphatic heterocycles. The molecule has 0 aliphatic carbocycles. The Labute approximate surface area is 141 Å². The molecule has 0 N–H and O–H groups in total. The van der Waals surface area contributed by atoms with Crippen molar-refractivity contribution in [3.63, 3.8) is 0 Å². The lowest BCUT2D eigenvalue weighted by Crippen LogP contribution is -2.35. The van der Waals surface area contributed by atoms with Gasteiger partial charge in [-0.3, -0.25) is 14.9 Å². The number of hydrogen-bond acceptors (Lipinski definition) is 6. The minimum atomic E-state index is -0.550. The number of amides is 1. The van der Waals surface area contributed by atoms with Gasteiger partial charge in [-0.1, -0.05) is 0 Å². The Hall–Kier alpha value is -2.61. The normalized spacial score (nSPS) is 15.8. The molecule has 0 saturated carbocycles. The molecule has 0 bridgehead atoms. The number of carbonyl (C=O) groups is 1. The second kappa shape index (κ2) is 5.79. The van der Waals surface area contributed by atoms with Crippen LogP contribution in [0.3, 0.4) is 0 Å². The number of nitro groups is 1. The molecule has 0 radical (unpaired) electrons. The highest BCUT2D eigenvalue weighted by Gasteiger charge is 2.30. The van der Waals surface area contributed by atoms with E-state index in [2.05, 4.69) is 0 Å². The van der Waals surface area contributed by atoms with Crippen LogP contribution in [0.2, 0.25) is 0 Å². The Morgan fingerprint density at radius 1 is 1.25 bits per heavy atom. The number of fused-ring (bicyclic) bond motifs is 2. The minimum absolute atomic E-state index is 0.0444. The first-order valence-corrected chi connectivity index (χ1v) is 8.44. The van der Waals surface area contributed by atoms with Gasteiger partial charge in [0.05, 0.1) is 11.0 Å². The highest BCUT2D eigenvalue weighted by atomic mass is 32.1. The molecule has 8 heteroatoms. The molecule has 24 heavy (non-hydrogen) atoms. The number of nitrogens with zero attached hydrogens (tertiary/aromatic N) is 2. The average molecular weight is 346 g/mol. The largest absolute Gasteiger partial charge is 0.486 e. The first-order chi connectivity index (χ1) is 11.6. The summed E-state index contributed by atoms with van der Waals surface area (Å²) in [6, 6.07) is 4.71. The lowest BCUT2D eigenvalue weighted by Gasteiger charge is -2.27. The lowest BCUT2D eigenvalue weighted by atomic mass is 10.1. The number of hydrogen-bond donors (Lipinski definition) is 0. The van der Waals surface area contributed by atoms with Crippen molar-refractivity contribution < 1.29 is 19.2 Å². The Kier molecular flexibility index (Phi) is 3.61. The number of nitro benzene ring substituents is 1. The van der Waals surface area contributed by atoms with E-state index in [-0.39, 0.29) is 17.2 Å². The van der Waals surface area contributed by atoms with Crippen molar-refractivity contribution in [3.8, 4) is 11.5 Å². The van der Waals surface area contributed by atoms with Gasteiger partial charge in [-0.15, -0.1) is 11.3 Å². The van der Waals surface area contributed by atoms with Gasteiger partial charge >= 0.3 is 0 Å². The monoisotopic (exact) mass is 346 g/mol. The zero-order valence-corrected chi connectivity index (χ0v) is 13.5. The van der Waals surface area contributed by atoms with E-state index in [1.807, 2.05) is 11.4 Å². The molecular weight excluding hydrogens is 332 g/mol. The zero-order valence-electron chi connectivity index (χ0n) is 12.7. The summed E-state index contributed by atoms with van der Waals surface area (Å²) in [6.07, 6.45) is 0.775. The fourth-order valence-corrected chi connectivity index (χ4v) is 3.88. The SMILES string of the molecule is O=C(c1cc2c(cc1[N+](=O)[O-])OCCO2)N1CCc2sccc2C1. The Bertz CT molecular complexity index is 832. The maximum atomic E-state index is 12.9. The fraction of sp³-hybridized carbons (Fsp3) is 0.312. The first-order valence-electron chi connectivity index (χ1n) is 7.56. The predicted octanol–water partition coefficient (Wildman–Crippen LogP) is 2.63. The fourth-order valence-electron chi connectivity index (χ4n) is 2.99. The van der Waals surface area contributed by atoms with E-state index in [1.54, 1.807) is 16.2 Å². The van der Waals surface area contributed by atoms with Crippen molar-refractivity contribution in [2.24, 2.45) is 0 Å². The van der Waals surface area contributed by atoms with E-state index < -0.39 is 4.92 Å². The second-order valence-electron chi connectivity index (χ2n) is 5.62. The standard InChI is InChI=1S/C16H14N2O5S/c19-16(17-3-1-15-10(9-17)2-6-24-15)11-7-13-14(23-5-4-22-13)8-12(11)18(20)21/h2,6-8H,1,3-5,9H2. The van der Waals surface area contributed by atoms with Crippen LogP contribution in [0, 0.1) is 10.1 Å². The summed E-state index contributed by atoms with van der Waals surface area (Å²) < 4.78 is 10.8. The molecule has 3 heterocycles. The number of benzene rings is 1. The van der Waals surface area contributed by atoms with E-state index >= 15 is 0 Å². The molecule has 4 rings (SSSR count). The van der Waals surface area contributed by atoms with Crippen molar-refractivity contribution in [2.45, 2.75) is 13.0 Å². The lowest BCUT2D eigenvalue weighted by molar-refractivity contribution is -0.385. The molecule has 0 spiro atoms. The van der Waals surface area contributed by atoms with Crippen molar-refractivity contribution in [3.05, 3.63) is 49.7 Å². The van der Waals surface area contributed by atoms with Gasteiger partial charge in [0.2, 0.25) is 0 Å². The predicted molar refractivity (Wildman–Crippen MR) is 86.8 cm³/mol. The van der Waals surface area contributed by atoms with Gasteiger partial charge in [0, 0.05) is 24.0 Å². The third-order valence-corrected chi connectivity index (χ3v) is 5.21. The van der Waals surface area contributed by atoms with Crippen LogP contribution in [0.15, 0.2) is 23.6 Å². The summed E-state index contributed by atoms with van der Waals surface area (Å²) in [7, 11) is 0. The van der Waals surface area contributed by atoms with Crippen LogP contribution in [-0.4, -0.2) is 35.5 Å². The van der Waals surface area contributed by atoms with Crippen LogP contribution >= 0.6 is 11.3 Å². The molecule has 2 aliphatic rings. The number of thiophene rings is 1. The summed E-state index contributed by atoms with van der Waals surface area (Å²) in [5.74, 6) is 0.335. The zero-order chi connectivity index (χ0) is 16.7. The van der Waals surface area contributed by atoms with Crippen LogP contribution in [0.5, 0.6) is 11.5 Å².